The van der Waals surface area contributed by atoms with Crippen LogP contribution in [0.15, 0.2) is 23.8 Å². The van der Waals surface area contributed by atoms with Crippen molar-refractivity contribution in [2.24, 2.45) is 0 Å². The number of aldehydes is 1. The minimum atomic E-state index is 0.917. The van der Waals surface area contributed by atoms with Crippen molar-refractivity contribution in [3.05, 3.63) is 23.8 Å². The Morgan fingerprint density at radius 1 is 1.44 bits per heavy atom. The molecule has 0 atom stereocenters. The summed E-state index contributed by atoms with van der Waals surface area (Å²) in [6.45, 7) is 0. The fourth-order valence-corrected chi connectivity index (χ4v) is 0.893. The normalized spacial score (nSPS) is 18.4. The van der Waals surface area contributed by atoms with E-state index < -0.39 is 0 Å². The number of carbonyl (C=O) groups excluding carboxylic acids is 1. The van der Waals surface area contributed by atoms with Crippen LogP contribution in [0.4, 0.5) is 0 Å². The number of allylic oxidation sites excluding steroid dienone is 4. The van der Waals surface area contributed by atoms with E-state index in [4.69, 9.17) is 0 Å². The summed E-state index contributed by atoms with van der Waals surface area (Å²) in [7, 11) is 0. The first-order valence-corrected chi connectivity index (χ1v) is 3.22. The van der Waals surface area contributed by atoms with Crippen LogP contribution in [0.1, 0.15) is 19.3 Å². The standard InChI is InChI=1S/C8H10O/c9-7-8-5-3-1-2-4-6-8/h1-2,5,7H,3-4,6H2. The number of rotatable bonds is 1. The minimum Gasteiger partial charge on any atom is -0.298 e. The van der Waals surface area contributed by atoms with Crippen LogP contribution in [0.3, 0.4) is 0 Å². The molecule has 0 unspecified atom stereocenters. The van der Waals surface area contributed by atoms with Crippen molar-refractivity contribution < 1.29 is 4.79 Å². The molecule has 0 saturated carbocycles. The second-order valence-corrected chi connectivity index (χ2v) is 2.14. The number of hydrogen-bond acceptors (Lipinski definition) is 1. The van der Waals surface area contributed by atoms with Gasteiger partial charge in [0, 0.05) is 0 Å². The van der Waals surface area contributed by atoms with E-state index in [2.05, 4.69) is 12.2 Å². The summed E-state index contributed by atoms with van der Waals surface area (Å²) in [5, 5.41) is 0. The Balaban J connectivity index is 2.55. The first kappa shape index (κ1) is 6.27. The Kier molecular flexibility index (Phi) is 2.25. The molecule has 0 bridgehead atoms. The van der Waals surface area contributed by atoms with Crippen molar-refractivity contribution in [3.8, 4) is 0 Å². The predicted molar refractivity (Wildman–Crippen MR) is 37.1 cm³/mol. The molecule has 0 N–H and O–H groups in total. The third-order valence-corrected chi connectivity index (χ3v) is 1.43. The predicted octanol–water partition coefficient (Wildman–Crippen LogP) is 1.85. The zero-order valence-corrected chi connectivity index (χ0v) is 5.34. The van der Waals surface area contributed by atoms with Gasteiger partial charge in [0.05, 0.1) is 0 Å². The van der Waals surface area contributed by atoms with Gasteiger partial charge in [-0.05, 0) is 24.8 Å². The van der Waals surface area contributed by atoms with Crippen LogP contribution in [-0.4, -0.2) is 6.29 Å². The van der Waals surface area contributed by atoms with E-state index in [-0.39, 0.29) is 0 Å². The number of carbonyl (C=O) groups is 1. The maximum absolute atomic E-state index is 10.2. The van der Waals surface area contributed by atoms with Crippen molar-refractivity contribution in [2.75, 3.05) is 0 Å². The molecule has 48 valence electrons. The van der Waals surface area contributed by atoms with Gasteiger partial charge >= 0.3 is 0 Å². The largest absolute Gasteiger partial charge is 0.298 e. The first-order valence-electron chi connectivity index (χ1n) is 3.22. The molecule has 0 amide bonds. The maximum Gasteiger partial charge on any atom is 0.145 e. The zero-order chi connectivity index (χ0) is 6.53. The lowest BCUT2D eigenvalue weighted by Crippen LogP contribution is -1.80. The molecule has 0 spiro atoms. The molecular formula is C8H10O. The van der Waals surface area contributed by atoms with Gasteiger partial charge in [-0.15, -0.1) is 0 Å². The molecule has 1 aliphatic carbocycles. The van der Waals surface area contributed by atoms with Crippen LogP contribution >= 0.6 is 0 Å². The molecular weight excluding hydrogens is 112 g/mol. The van der Waals surface area contributed by atoms with E-state index in [1.54, 1.807) is 0 Å². The summed E-state index contributed by atoms with van der Waals surface area (Å²) in [6, 6.07) is 0. The third kappa shape index (κ3) is 1.84. The monoisotopic (exact) mass is 122 g/mol. The van der Waals surface area contributed by atoms with Gasteiger partial charge in [0.2, 0.25) is 0 Å². The fourth-order valence-electron chi connectivity index (χ4n) is 0.893. The average molecular weight is 122 g/mol. The molecule has 0 aliphatic heterocycles. The average Bonchev–Trinajstić information content (AvgIpc) is 2.13. The Morgan fingerprint density at radius 2 is 2.33 bits per heavy atom. The molecule has 1 aliphatic rings. The van der Waals surface area contributed by atoms with Crippen LogP contribution in [-0.2, 0) is 4.79 Å². The summed E-state index contributed by atoms with van der Waals surface area (Å²) in [4.78, 5) is 10.2. The highest BCUT2D eigenvalue weighted by Gasteiger charge is 1.94. The van der Waals surface area contributed by atoms with E-state index in [1.165, 1.54) is 0 Å². The molecule has 1 heteroatoms. The Hall–Kier alpha value is -0.850. The van der Waals surface area contributed by atoms with Crippen LogP contribution in [0.2, 0.25) is 0 Å². The van der Waals surface area contributed by atoms with Gasteiger partial charge < -0.3 is 0 Å². The van der Waals surface area contributed by atoms with E-state index in [1.807, 2.05) is 6.08 Å². The van der Waals surface area contributed by atoms with Crippen molar-refractivity contribution >= 4 is 6.29 Å². The molecule has 0 heterocycles. The second-order valence-electron chi connectivity index (χ2n) is 2.14. The summed E-state index contributed by atoms with van der Waals surface area (Å²) in [6.07, 6.45) is 10.0. The van der Waals surface area contributed by atoms with Crippen LogP contribution in [0.25, 0.3) is 0 Å². The lowest BCUT2D eigenvalue weighted by molar-refractivity contribution is -0.105. The highest BCUT2D eigenvalue weighted by molar-refractivity contribution is 5.73. The van der Waals surface area contributed by atoms with Gasteiger partial charge in [0.1, 0.15) is 6.29 Å². The molecule has 1 rings (SSSR count). The summed E-state index contributed by atoms with van der Waals surface area (Å²) in [5.74, 6) is 0. The Labute approximate surface area is 55.1 Å². The summed E-state index contributed by atoms with van der Waals surface area (Å²) >= 11 is 0. The Morgan fingerprint density at radius 3 is 3.11 bits per heavy atom. The molecule has 9 heavy (non-hydrogen) atoms. The summed E-state index contributed by atoms with van der Waals surface area (Å²) < 4.78 is 0. The molecule has 0 aromatic carbocycles. The molecule has 0 aromatic heterocycles. The van der Waals surface area contributed by atoms with Crippen LogP contribution < -0.4 is 0 Å². The summed E-state index contributed by atoms with van der Waals surface area (Å²) in [5.41, 5.74) is 0.944. The number of hydrogen-bond donors (Lipinski definition) is 0. The fraction of sp³-hybridized carbons (Fsp3) is 0.375. The highest BCUT2D eigenvalue weighted by Crippen LogP contribution is 2.08. The maximum atomic E-state index is 10.2. The van der Waals surface area contributed by atoms with Crippen LogP contribution in [0.5, 0.6) is 0 Å². The smallest absolute Gasteiger partial charge is 0.145 e. The second kappa shape index (κ2) is 3.23. The van der Waals surface area contributed by atoms with Gasteiger partial charge in [0.15, 0.2) is 0 Å². The molecule has 0 fully saturated rings. The zero-order valence-electron chi connectivity index (χ0n) is 5.34. The highest BCUT2D eigenvalue weighted by atomic mass is 16.1. The van der Waals surface area contributed by atoms with Gasteiger partial charge in [-0.25, -0.2) is 0 Å². The lowest BCUT2D eigenvalue weighted by atomic mass is 10.2. The van der Waals surface area contributed by atoms with Gasteiger partial charge in [-0.3, -0.25) is 4.79 Å². The molecule has 0 saturated heterocycles. The molecule has 0 radical (unpaired) electrons. The van der Waals surface area contributed by atoms with Crippen LogP contribution in [0, 0.1) is 0 Å². The first-order chi connectivity index (χ1) is 4.43. The van der Waals surface area contributed by atoms with E-state index in [0.717, 1.165) is 31.1 Å². The van der Waals surface area contributed by atoms with Crippen molar-refractivity contribution in [3.63, 3.8) is 0 Å². The van der Waals surface area contributed by atoms with E-state index in [9.17, 15) is 4.79 Å². The topological polar surface area (TPSA) is 17.1 Å². The third-order valence-electron chi connectivity index (χ3n) is 1.43. The Bertz CT molecular complexity index is 154. The SMILES string of the molecule is O=CC1=CCC=CCC1. The van der Waals surface area contributed by atoms with E-state index >= 15 is 0 Å². The van der Waals surface area contributed by atoms with E-state index in [0.29, 0.717) is 0 Å². The van der Waals surface area contributed by atoms with Gasteiger partial charge in [0.25, 0.3) is 0 Å². The van der Waals surface area contributed by atoms with Crippen molar-refractivity contribution in [1.29, 1.82) is 0 Å². The van der Waals surface area contributed by atoms with Crippen molar-refractivity contribution in [2.45, 2.75) is 19.3 Å². The molecule has 0 aromatic rings. The van der Waals surface area contributed by atoms with Gasteiger partial charge in [-0.1, -0.05) is 18.2 Å². The van der Waals surface area contributed by atoms with Crippen molar-refractivity contribution in [1.82, 2.24) is 0 Å². The van der Waals surface area contributed by atoms with Gasteiger partial charge in [-0.2, -0.15) is 0 Å². The molecule has 1 nitrogen and oxygen atoms in total. The lowest BCUT2D eigenvalue weighted by Gasteiger charge is -1.89. The minimum absolute atomic E-state index is 0.917. The quantitative estimate of drug-likeness (QED) is 0.383.